The number of methoxy groups -OCH3 is 1. The van der Waals surface area contributed by atoms with E-state index in [4.69, 9.17) is 23.7 Å². The van der Waals surface area contributed by atoms with Crippen LogP contribution in [-0.2, 0) is 27.4 Å². The summed E-state index contributed by atoms with van der Waals surface area (Å²) in [5.41, 5.74) is 3.95. The van der Waals surface area contributed by atoms with E-state index in [1.165, 1.54) is 12.1 Å². The summed E-state index contributed by atoms with van der Waals surface area (Å²) < 4.78 is 42.3. The molecule has 0 aliphatic carbocycles. The minimum absolute atomic E-state index is 0.165. The molecule has 0 saturated carbocycles. The molecule has 0 bridgehead atoms. The maximum Gasteiger partial charge on any atom is 0.142 e. The van der Waals surface area contributed by atoms with Crippen molar-refractivity contribution in [2.24, 2.45) is 0 Å². The number of nitrogens with zero attached hydrogens (tertiary/aromatic N) is 1. The van der Waals surface area contributed by atoms with Crippen molar-refractivity contribution in [3.05, 3.63) is 89.2 Å². The summed E-state index contributed by atoms with van der Waals surface area (Å²) in [5, 5.41) is 14.2. The molecular formula is C33H41FN2O6. The molecular weight excluding hydrogens is 539 g/mol. The summed E-state index contributed by atoms with van der Waals surface area (Å²) in [6.07, 6.45) is 0.194. The van der Waals surface area contributed by atoms with Gasteiger partial charge in [0.15, 0.2) is 0 Å². The average molecular weight is 581 g/mol. The molecule has 42 heavy (non-hydrogen) atoms. The Morgan fingerprint density at radius 2 is 1.83 bits per heavy atom. The summed E-state index contributed by atoms with van der Waals surface area (Å²) in [4.78, 5) is 2.34. The van der Waals surface area contributed by atoms with Gasteiger partial charge in [0.25, 0.3) is 0 Å². The van der Waals surface area contributed by atoms with Crippen molar-refractivity contribution in [3.63, 3.8) is 0 Å². The van der Waals surface area contributed by atoms with E-state index in [9.17, 15) is 9.50 Å². The van der Waals surface area contributed by atoms with Crippen molar-refractivity contribution < 1.29 is 33.2 Å². The Balaban J connectivity index is 1.14. The van der Waals surface area contributed by atoms with Crippen LogP contribution < -0.4 is 19.7 Å². The molecule has 0 radical (unpaired) electrons. The molecule has 2 aliphatic rings. The molecule has 1 saturated heterocycles. The summed E-state index contributed by atoms with van der Waals surface area (Å²) in [6, 6.07) is 20.4. The number of aliphatic hydroxyl groups is 1. The lowest BCUT2D eigenvalue weighted by Gasteiger charge is -2.36. The highest BCUT2D eigenvalue weighted by Crippen LogP contribution is 2.34. The largest absolute Gasteiger partial charge is 0.491 e. The highest BCUT2D eigenvalue weighted by molar-refractivity contribution is 5.61. The Hall–Kier alpha value is -3.21. The van der Waals surface area contributed by atoms with E-state index < -0.39 is 6.10 Å². The maximum absolute atomic E-state index is 13.3. The highest BCUT2D eigenvalue weighted by atomic mass is 19.1. The fraction of sp³-hybridized carbons (Fsp3) is 0.455. The van der Waals surface area contributed by atoms with Crippen LogP contribution in [0, 0.1) is 5.82 Å². The number of aliphatic hydroxyl groups excluding tert-OH is 1. The van der Waals surface area contributed by atoms with Gasteiger partial charge in [0.2, 0.25) is 0 Å². The topological polar surface area (TPSA) is 81.7 Å². The van der Waals surface area contributed by atoms with Gasteiger partial charge in [0, 0.05) is 39.3 Å². The highest BCUT2D eigenvalue weighted by Gasteiger charge is 2.34. The first-order chi connectivity index (χ1) is 20.6. The Labute approximate surface area is 247 Å². The number of piperidine rings is 1. The lowest BCUT2D eigenvalue weighted by molar-refractivity contribution is -0.0328. The van der Waals surface area contributed by atoms with Crippen molar-refractivity contribution >= 4 is 5.69 Å². The van der Waals surface area contributed by atoms with Crippen LogP contribution in [0.5, 0.6) is 11.5 Å². The number of hydrogen-bond donors (Lipinski definition) is 2. The molecule has 0 amide bonds. The minimum Gasteiger partial charge on any atom is -0.491 e. The minimum atomic E-state index is -0.569. The molecule has 9 heteroatoms. The second-order valence-corrected chi connectivity index (χ2v) is 10.7. The van der Waals surface area contributed by atoms with Gasteiger partial charge < -0.3 is 39.0 Å². The van der Waals surface area contributed by atoms with Crippen molar-refractivity contribution in [3.8, 4) is 11.5 Å². The molecule has 1 fully saturated rings. The second kappa shape index (κ2) is 15.3. The van der Waals surface area contributed by atoms with Crippen LogP contribution in [0.15, 0.2) is 66.7 Å². The van der Waals surface area contributed by atoms with Gasteiger partial charge in [-0.25, -0.2) is 4.39 Å². The molecule has 2 aliphatic heterocycles. The number of rotatable bonds is 14. The lowest BCUT2D eigenvalue weighted by atomic mass is 9.85. The van der Waals surface area contributed by atoms with Crippen molar-refractivity contribution in [2.45, 2.75) is 37.8 Å². The standard InChI is InChI=1S/C33H41FN2O6/c1-38-14-3-12-36-13-15-41-31-11-6-25(19-29(31)36)23-42-32-21-35-20-30(37)33(32)26-7-9-28(10-8-26)40-17-16-39-22-24-4-2-5-27(34)18-24/h2,4-11,18-19,30,32-33,35,37H,3,12-17,20-23H2,1H3. The Bertz CT molecular complexity index is 1260. The molecule has 2 heterocycles. The summed E-state index contributed by atoms with van der Waals surface area (Å²) >= 11 is 0. The average Bonchev–Trinajstić information content (AvgIpc) is 3.00. The number of benzene rings is 3. The van der Waals surface area contributed by atoms with E-state index in [0.717, 1.165) is 60.0 Å². The molecule has 226 valence electrons. The van der Waals surface area contributed by atoms with Crippen molar-refractivity contribution in [1.82, 2.24) is 5.32 Å². The fourth-order valence-corrected chi connectivity index (χ4v) is 5.54. The summed E-state index contributed by atoms with van der Waals surface area (Å²) in [6.45, 7) is 5.88. The van der Waals surface area contributed by atoms with Gasteiger partial charge in [-0.3, -0.25) is 0 Å². The number of fused-ring (bicyclic) bond motifs is 1. The summed E-state index contributed by atoms with van der Waals surface area (Å²) in [7, 11) is 1.73. The first-order valence-electron chi connectivity index (χ1n) is 14.7. The molecule has 3 aromatic rings. The van der Waals surface area contributed by atoms with Crippen molar-refractivity contribution in [1.29, 1.82) is 0 Å². The quantitative estimate of drug-likeness (QED) is 0.274. The Kier molecular flexibility index (Phi) is 11.0. The number of nitrogens with one attached hydrogen (secondary N) is 1. The normalized spacial score (nSPS) is 20.2. The number of β-amino-alcohol motifs (C(OH)–C–C–N with tert-alkyl or cyclic N) is 1. The maximum atomic E-state index is 13.3. The molecule has 3 atom stereocenters. The van der Waals surface area contributed by atoms with E-state index in [-0.39, 0.29) is 17.8 Å². The lowest BCUT2D eigenvalue weighted by Crippen LogP contribution is -2.49. The first-order valence-corrected chi connectivity index (χ1v) is 14.7. The van der Waals surface area contributed by atoms with Crippen LogP contribution in [0.3, 0.4) is 0 Å². The molecule has 5 rings (SSSR count). The zero-order chi connectivity index (χ0) is 29.1. The Morgan fingerprint density at radius 3 is 2.67 bits per heavy atom. The third-order valence-corrected chi connectivity index (χ3v) is 7.66. The van der Waals surface area contributed by atoms with Gasteiger partial charge in [-0.05, 0) is 59.5 Å². The van der Waals surface area contributed by atoms with Crippen LogP contribution in [0.4, 0.5) is 10.1 Å². The molecule has 2 N–H and O–H groups in total. The summed E-state index contributed by atoms with van der Waals surface area (Å²) in [5.74, 6) is 1.19. The van der Waals surface area contributed by atoms with Crippen molar-refractivity contribution in [2.75, 3.05) is 64.6 Å². The van der Waals surface area contributed by atoms with Crippen LogP contribution in [-0.4, -0.2) is 77.0 Å². The third-order valence-electron chi connectivity index (χ3n) is 7.66. The zero-order valence-electron chi connectivity index (χ0n) is 24.2. The number of anilines is 1. The van der Waals surface area contributed by atoms with E-state index in [1.54, 1.807) is 13.2 Å². The smallest absolute Gasteiger partial charge is 0.142 e. The monoisotopic (exact) mass is 580 g/mol. The van der Waals surface area contributed by atoms with E-state index >= 15 is 0 Å². The number of halogens is 1. The molecule has 3 unspecified atom stereocenters. The van der Waals surface area contributed by atoms with Gasteiger partial charge >= 0.3 is 0 Å². The van der Waals surface area contributed by atoms with E-state index in [1.807, 2.05) is 42.5 Å². The van der Waals surface area contributed by atoms with E-state index in [0.29, 0.717) is 46.1 Å². The predicted octanol–water partition coefficient (Wildman–Crippen LogP) is 4.29. The van der Waals surface area contributed by atoms with Gasteiger partial charge in [0.05, 0.1) is 44.3 Å². The van der Waals surface area contributed by atoms with Crippen LogP contribution in [0.2, 0.25) is 0 Å². The van der Waals surface area contributed by atoms with Gasteiger partial charge in [-0.2, -0.15) is 0 Å². The van der Waals surface area contributed by atoms with Crippen LogP contribution >= 0.6 is 0 Å². The molecule has 0 spiro atoms. The second-order valence-electron chi connectivity index (χ2n) is 10.7. The zero-order valence-corrected chi connectivity index (χ0v) is 24.2. The van der Waals surface area contributed by atoms with Crippen LogP contribution in [0.25, 0.3) is 0 Å². The van der Waals surface area contributed by atoms with Gasteiger partial charge in [-0.1, -0.05) is 30.3 Å². The first kappa shape index (κ1) is 30.3. The number of hydrogen-bond acceptors (Lipinski definition) is 8. The van der Waals surface area contributed by atoms with Gasteiger partial charge in [-0.15, -0.1) is 0 Å². The molecule has 0 aromatic heterocycles. The number of ether oxygens (including phenoxy) is 5. The van der Waals surface area contributed by atoms with E-state index in [2.05, 4.69) is 16.3 Å². The van der Waals surface area contributed by atoms with Gasteiger partial charge in [0.1, 0.15) is 30.5 Å². The van der Waals surface area contributed by atoms with Crippen LogP contribution in [0.1, 0.15) is 29.0 Å². The predicted molar refractivity (Wildman–Crippen MR) is 159 cm³/mol. The Morgan fingerprint density at radius 1 is 0.976 bits per heavy atom. The molecule has 8 nitrogen and oxygen atoms in total. The fourth-order valence-electron chi connectivity index (χ4n) is 5.54. The third kappa shape index (κ3) is 8.20. The molecule has 3 aromatic carbocycles. The SMILES string of the molecule is COCCCN1CCOc2ccc(COC3CNCC(O)C3c3ccc(OCCOCc4cccc(F)c4)cc3)cc21.